The predicted molar refractivity (Wildman–Crippen MR) is 199 cm³/mol. The molecule has 1 saturated carbocycles. The van der Waals surface area contributed by atoms with Crippen LogP contribution in [-0.4, -0.2) is 0 Å². The van der Waals surface area contributed by atoms with E-state index in [0.29, 0.717) is 5.92 Å². The zero-order chi connectivity index (χ0) is 32.5. The molecule has 0 atom stereocenters. The lowest BCUT2D eigenvalue weighted by atomic mass is 9.62. The Labute approximate surface area is 280 Å². The predicted octanol–water partition coefficient (Wildman–Crippen LogP) is 9.95. The van der Waals surface area contributed by atoms with E-state index < -0.39 is 0 Å². The first-order valence-corrected chi connectivity index (χ1v) is 16.7. The molecule has 7 rings (SSSR count). The van der Waals surface area contributed by atoms with Gasteiger partial charge in [0.1, 0.15) is 0 Å². The highest BCUT2D eigenvalue weighted by atomic mass is 14.5. The third-order valence-corrected chi connectivity index (χ3v) is 9.70. The first-order valence-electron chi connectivity index (χ1n) is 16.7. The third kappa shape index (κ3) is 8.12. The topological polar surface area (TPSA) is 78.1 Å². The van der Waals surface area contributed by atoms with E-state index in [-0.39, 0.29) is 5.41 Å². The number of nitrogens with two attached hydrogens (primary N) is 3. The molecule has 0 unspecified atom stereocenters. The molecule has 3 heteroatoms. The van der Waals surface area contributed by atoms with Crippen molar-refractivity contribution < 1.29 is 0 Å². The summed E-state index contributed by atoms with van der Waals surface area (Å²) in [6, 6.07) is 55.9. The van der Waals surface area contributed by atoms with Gasteiger partial charge in [-0.1, -0.05) is 121 Å². The average Bonchev–Trinajstić information content (AvgIpc) is 3.12. The van der Waals surface area contributed by atoms with E-state index in [0.717, 1.165) is 42.7 Å². The quantitative estimate of drug-likeness (QED) is 0.156. The van der Waals surface area contributed by atoms with Gasteiger partial charge in [0.05, 0.1) is 0 Å². The molecule has 0 saturated heterocycles. The normalized spacial score (nSPS) is 14.1. The highest BCUT2D eigenvalue weighted by Crippen LogP contribution is 2.49. The Morgan fingerprint density at radius 2 is 0.745 bits per heavy atom. The fourth-order valence-corrected chi connectivity index (χ4v) is 6.99. The van der Waals surface area contributed by atoms with Crippen LogP contribution >= 0.6 is 0 Å². The monoisotopic (exact) mass is 615 g/mol. The molecule has 0 aromatic heterocycles. The Morgan fingerprint density at radius 3 is 1.11 bits per heavy atom. The van der Waals surface area contributed by atoms with Gasteiger partial charge >= 0.3 is 0 Å². The van der Waals surface area contributed by atoms with Crippen LogP contribution in [0.15, 0.2) is 158 Å². The van der Waals surface area contributed by atoms with Crippen LogP contribution in [0, 0.1) is 0 Å². The number of nitrogen functional groups attached to an aromatic ring is 3. The van der Waals surface area contributed by atoms with Gasteiger partial charge in [0.25, 0.3) is 0 Å². The minimum Gasteiger partial charge on any atom is -0.399 e. The van der Waals surface area contributed by atoms with Gasteiger partial charge in [0.15, 0.2) is 0 Å². The van der Waals surface area contributed by atoms with Crippen molar-refractivity contribution in [3.05, 3.63) is 197 Å². The number of hydrogen-bond acceptors (Lipinski definition) is 3. The van der Waals surface area contributed by atoms with E-state index >= 15 is 0 Å². The average molecular weight is 616 g/mol. The Bertz CT molecular complexity index is 1710. The molecule has 1 fully saturated rings. The van der Waals surface area contributed by atoms with Crippen LogP contribution in [0.2, 0.25) is 0 Å². The number of para-hydroxylation sites is 1. The Hall–Kier alpha value is -5.28. The molecule has 0 amide bonds. The lowest BCUT2D eigenvalue weighted by Gasteiger charge is -2.42. The second kappa shape index (κ2) is 14.9. The van der Waals surface area contributed by atoms with Gasteiger partial charge in [0, 0.05) is 22.5 Å². The molecule has 3 nitrogen and oxygen atoms in total. The van der Waals surface area contributed by atoms with Crippen LogP contribution in [0.1, 0.15) is 70.5 Å². The van der Waals surface area contributed by atoms with Crippen LogP contribution < -0.4 is 17.2 Å². The molecule has 47 heavy (non-hydrogen) atoms. The molecular formula is C44H45N3. The second-order valence-corrected chi connectivity index (χ2v) is 12.9. The number of anilines is 3. The van der Waals surface area contributed by atoms with E-state index in [1.165, 1.54) is 51.8 Å². The molecule has 1 aliphatic rings. The smallest absolute Gasteiger partial charge is 0.0314 e. The summed E-state index contributed by atoms with van der Waals surface area (Å²) < 4.78 is 0. The number of rotatable bonds is 7. The largest absolute Gasteiger partial charge is 0.399 e. The van der Waals surface area contributed by atoms with Gasteiger partial charge in [0.2, 0.25) is 0 Å². The molecule has 6 aromatic carbocycles. The molecule has 236 valence electrons. The molecule has 0 aliphatic heterocycles. The molecule has 6 aromatic rings. The molecule has 0 spiro atoms. The molecule has 0 bridgehead atoms. The Morgan fingerprint density at radius 1 is 0.404 bits per heavy atom. The summed E-state index contributed by atoms with van der Waals surface area (Å²) >= 11 is 0. The molecular weight excluding hydrogens is 571 g/mol. The van der Waals surface area contributed by atoms with Gasteiger partial charge in [-0.25, -0.2) is 0 Å². The van der Waals surface area contributed by atoms with Crippen LogP contribution in [0.25, 0.3) is 0 Å². The summed E-state index contributed by atoms with van der Waals surface area (Å²) in [6.45, 7) is 0. The van der Waals surface area contributed by atoms with Crippen molar-refractivity contribution >= 4 is 17.1 Å². The number of hydrogen-bond donors (Lipinski definition) is 3. The second-order valence-electron chi connectivity index (χ2n) is 12.9. The summed E-state index contributed by atoms with van der Waals surface area (Å²) in [5.41, 5.74) is 29.2. The van der Waals surface area contributed by atoms with Crippen LogP contribution in [0.4, 0.5) is 17.1 Å². The third-order valence-electron chi connectivity index (χ3n) is 9.70. The van der Waals surface area contributed by atoms with E-state index in [1.54, 1.807) is 0 Å². The minimum absolute atomic E-state index is 0.0325. The highest BCUT2D eigenvalue weighted by Gasteiger charge is 2.38. The van der Waals surface area contributed by atoms with Gasteiger partial charge in [-0.3, -0.25) is 0 Å². The van der Waals surface area contributed by atoms with E-state index in [4.69, 9.17) is 17.2 Å². The fourth-order valence-electron chi connectivity index (χ4n) is 6.99. The van der Waals surface area contributed by atoms with Crippen LogP contribution in [0.3, 0.4) is 0 Å². The SMILES string of the molecule is Nc1ccc(Cc2ccc(C3(c4ccc(Cc5ccc(N)cc5)cc4)CCC(c4ccccc4)CC3)cc2)cc1.Nc1ccccc1. The van der Waals surface area contributed by atoms with Gasteiger partial charge < -0.3 is 17.2 Å². The maximum atomic E-state index is 5.89. The highest BCUT2D eigenvalue weighted by molar-refractivity contribution is 5.46. The fraction of sp³-hybridized carbons (Fsp3) is 0.182. The maximum absolute atomic E-state index is 5.89. The standard InChI is InChI=1S/C38H38N2.C6H7N/c39-36-18-10-30(11-19-36)26-28-6-14-34(15-7-28)38(24-22-33(23-25-38)32-4-2-1-3-5-32)35-16-8-29(9-17-35)27-31-12-20-37(40)21-13-31;7-6-4-2-1-3-5-6/h1-21,33H,22-27,39-40H2;1-5H,7H2. The first kappa shape index (κ1) is 31.7. The molecule has 0 radical (unpaired) electrons. The van der Waals surface area contributed by atoms with E-state index in [2.05, 4.69) is 103 Å². The minimum atomic E-state index is 0.0325. The summed E-state index contributed by atoms with van der Waals surface area (Å²) in [4.78, 5) is 0. The summed E-state index contributed by atoms with van der Waals surface area (Å²) in [7, 11) is 0. The van der Waals surface area contributed by atoms with Crippen molar-refractivity contribution in [3.8, 4) is 0 Å². The maximum Gasteiger partial charge on any atom is 0.0314 e. The van der Waals surface area contributed by atoms with Gasteiger partial charge in [-0.2, -0.15) is 0 Å². The first-order chi connectivity index (χ1) is 23.0. The van der Waals surface area contributed by atoms with E-state index in [9.17, 15) is 0 Å². The zero-order valence-corrected chi connectivity index (χ0v) is 27.1. The summed E-state index contributed by atoms with van der Waals surface area (Å²) in [5.74, 6) is 0.629. The Balaban J connectivity index is 0.000000491. The number of benzene rings is 6. The van der Waals surface area contributed by atoms with Crippen molar-refractivity contribution in [2.75, 3.05) is 17.2 Å². The van der Waals surface area contributed by atoms with Crippen molar-refractivity contribution in [2.45, 2.75) is 49.9 Å². The lowest BCUT2D eigenvalue weighted by Crippen LogP contribution is -2.32. The van der Waals surface area contributed by atoms with Gasteiger partial charge in [-0.05, 0) is 120 Å². The summed E-state index contributed by atoms with van der Waals surface area (Å²) in [5, 5.41) is 0. The molecule has 0 heterocycles. The summed E-state index contributed by atoms with van der Waals surface area (Å²) in [6.07, 6.45) is 6.55. The van der Waals surface area contributed by atoms with E-state index in [1.807, 2.05) is 54.6 Å². The van der Waals surface area contributed by atoms with Crippen molar-refractivity contribution in [2.24, 2.45) is 0 Å². The lowest BCUT2D eigenvalue weighted by molar-refractivity contribution is 0.315. The van der Waals surface area contributed by atoms with Crippen molar-refractivity contribution in [1.82, 2.24) is 0 Å². The molecule has 6 N–H and O–H groups in total. The molecule has 1 aliphatic carbocycles. The van der Waals surface area contributed by atoms with Crippen LogP contribution in [-0.2, 0) is 18.3 Å². The van der Waals surface area contributed by atoms with Crippen molar-refractivity contribution in [3.63, 3.8) is 0 Å². The van der Waals surface area contributed by atoms with Crippen LogP contribution in [0.5, 0.6) is 0 Å². The van der Waals surface area contributed by atoms with Gasteiger partial charge in [-0.15, -0.1) is 0 Å². The van der Waals surface area contributed by atoms with Crippen molar-refractivity contribution in [1.29, 1.82) is 0 Å². The zero-order valence-electron chi connectivity index (χ0n) is 27.1. The Kier molecular flexibility index (Phi) is 10.0.